The Morgan fingerprint density at radius 3 is 2.62 bits per heavy atom. The standard InChI is InChI=1S/C16H18N2O3/c1-21-16(20)13-10-18(14-7-3-2-6-12(13)14)11-15(19)17-8-4-5-9-17/h2-3,6-7,10H,4-5,8-9,11H2,1H3. The Bertz CT molecular complexity index is 684. The van der Waals surface area contributed by atoms with E-state index < -0.39 is 0 Å². The van der Waals surface area contributed by atoms with E-state index in [2.05, 4.69) is 0 Å². The minimum Gasteiger partial charge on any atom is -0.465 e. The van der Waals surface area contributed by atoms with Gasteiger partial charge in [-0.3, -0.25) is 4.79 Å². The molecule has 0 unspecified atom stereocenters. The smallest absolute Gasteiger partial charge is 0.340 e. The van der Waals surface area contributed by atoms with Crippen LogP contribution < -0.4 is 0 Å². The van der Waals surface area contributed by atoms with Gasteiger partial charge in [-0.1, -0.05) is 18.2 Å². The molecular formula is C16H18N2O3. The average molecular weight is 286 g/mol. The van der Waals surface area contributed by atoms with Crippen LogP contribution in [0.15, 0.2) is 30.5 Å². The van der Waals surface area contributed by atoms with E-state index in [9.17, 15) is 9.59 Å². The number of ether oxygens (including phenoxy) is 1. The average Bonchev–Trinajstić information content (AvgIpc) is 3.15. The van der Waals surface area contributed by atoms with Gasteiger partial charge >= 0.3 is 5.97 Å². The van der Waals surface area contributed by atoms with Crippen LogP contribution in [0.4, 0.5) is 0 Å². The zero-order valence-electron chi connectivity index (χ0n) is 12.0. The summed E-state index contributed by atoms with van der Waals surface area (Å²) in [5.74, 6) is -0.275. The van der Waals surface area contributed by atoms with Crippen LogP contribution in [0.3, 0.4) is 0 Å². The third-order valence-corrected chi connectivity index (χ3v) is 3.96. The van der Waals surface area contributed by atoms with Crippen molar-refractivity contribution in [1.29, 1.82) is 0 Å². The molecule has 3 rings (SSSR count). The number of carbonyl (C=O) groups excluding carboxylic acids is 2. The predicted octanol–water partition coefficient (Wildman–Crippen LogP) is 2.05. The molecule has 110 valence electrons. The van der Waals surface area contributed by atoms with Crippen molar-refractivity contribution in [3.05, 3.63) is 36.0 Å². The molecule has 0 saturated carbocycles. The largest absolute Gasteiger partial charge is 0.465 e. The molecule has 2 aromatic rings. The molecule has 21 heavy (non-hydrogen) atoms. The first kappa shape index (κ1) is 13.7. The summed E-state index contributed by atoms with van der Waals surface area (Å²) in [5.41, 5.74) is 1.38. The van der Waals surface area contributed by atoms with Crippen LogP contribution in [-0.4, -0.2) is 41.5 Å². The summed E-state index contributed by atoms with van der Waals surface area (Å²) >= 11 is 0. The lowest BCUT2D eigenvalue weighted by atomic mass is 10.2. The van der Waals surface area contributed by atoms with Crippen molar-refractivity contribution >= 4 is 22.8 Å². The molecule has 0 bridgehead atoms. The van der Waals surface area contributed by atoms with Crippen molar-refractivity contribution in [2.75, 3.05) is 20.2 Å². The number of nitrogens with zero attached hydrogens (tertiary/aromatic N) is 2. The molecule has 5 heteroatoms. The van der Waals surface area contributed by atoms with Gasteiger partial charge in [0.25, 0.3) is 0 Å². The molecule has 0 N–H and O–H groups in total. The van der Waals surface area contributed by atoms with Gasteiger partial charge in [0.2, 0.25) is 5.91 Å². The van der Waals surface area contributed by atoms with Gasteiger partial charge in [0.15, 0.2) is 0 Å². The number of carbonyl (C=O) groups is 2. The number of benzene rings is 1. The molecular weight excluding hydrogens is 268 g/mol. The highest BCUT2D eigenvalue weighted by Gasteiger charge is 2.21. The second-order valence-corrected chi connectivity index (χ2v) is 5.27. The van der Waals surface area contributed by atoms with E-state index in [4.69, 9.17) is 4.74 Å². The van der Waals surface area contributed by atoms with Crippen molar-refractivity contribution in [3.8, 4) is 0 Å². The quantitative estimate of drug-likeness (QED) is 0.811. The summed E-state index contributed by atoms with van der Waals surface area (Å²) in [5, 5.41) is 0.818. The molecule has 1 aliphatic rings. The van der Waals surface area contributed by atoms with E-state index in [-0.39, 0.29) is 18.4 Å². The summed E-state index contributed by atoms with van der Waals surface area (Å²) in [6.07, 6.45) is 3.86. The van der Waals surface area contributed by atoms with Crippen molar-refractivity contribution < 1.29 is 14.3 Å². The van der Waals surface area contributed by atoms with Crippen LogP contribution in [0.5, 0.6) is 0 Å². The summed E-state index contributed by atoms with van der Waals surface area (Å²) in [4.78, 5) is 26.0. The molecule has 0 atom stereocenters. The Labute approximate surface area is 123 Å². The van der Waals surface area contributed by atoms with Gasteiger partial charge in [0.05, 0.1) is 12.7 Å². The summed E-state index contributed by atoms with van der Waals surface area (Å²) < 4.78 is 6.65. The van der Waals surface area contributed by atoms with Crippen LogP contribution in [0.2, 0.25) is 0 Å². The Morgan fingerprint density at radius 1 is 1.19 bits per heavy atom. The van der Waals surface area contributed by atoms with E-state index >= 15 is 0 Å². The van der Waals surface area contributed by atoms with Gasteiger partial charge in [-0.2, -0.15) is 0 Å². The highest BCUT2D eigenvalue weighted by Crippen LogP contribution is 2.22. The maximum Gasteiger partial charge on any atom is 0.340 e. The van der Waals surface area contributed by atoms with Crippen LogP contribution in [0.1, 0.15) is 23.2 Å². The second kappa shape index (κ2) is 5.60. The topological polar surface area (TPSA) is 51.5 Å². The van der Waals surface area contributed by atoms with E-state index in [0.29, 0.717) is 5.56 Å². The highest BCUT2D eigenvalue weighted by molar-refractivity contribution is 6.04. The Balaban J connectivity index is 1.94. The number of para-hydroxylation sites is 1. The van der Waals surface area contributed by atoms with Crippen LogP contribution in [0.25, 0.3) is 10.9 Å². The number of methoxy groups -OCH3 is 1. The highest BCUT2D eigenvalue weighted by atomic mass is 16.5. The first-order valence-electron chi connectivity index (χ1n) is 7.14. The first-order valence-corrected chi connectivity index (χ1v) is 7.14. The summed E-state index contributed by atoms with van der Waals surface area (Å²) in [7, 11) is 1.36. The van der Waals surface area contributed by atoms with Crippen molar-refractivity contribution in [1.82, 2.24) is 9.47 Å². The SMILES string of the molecule is COC(=O)c1cn(CC(=O)N2CCCC2)c2ccccc12. The summed E-state index contributed by atoms with van der Waals surface area (Å²) in [6.45, 7) is 1.93. The Morgan fingerprint density at radius 2 is 1.90 bits per heavy atom. The van der Waals surface area contributed by atoms with Crippen molar-refractivity contribution in [2.45, 2.75) is 19.4 Å². The lowest BCUT2D eigenvalue weighted by molar-refractivity contribution is -0.130. The minimum absolute atomic E-state index is 0.102. The van der Waals surface area contributed by atoms with Gasteiger partial charge < -0.3 is 14.2 Å². The predicted molar refractivity (Wildman–Crippen MR) is 79.1 cm³/mol. The van der Waals surface area contributed by atoms with E-state index in [1.165, 1.54) is 7.11 Å². The monoisotopic (exact) mass is 286 g/mol. The van der Waals surface area contributed by atoms with Crippen LogP contribution in [0, 0.1) is 0 Å². The minimum atomic E-state index is -0.376. The van der Waals surface area contributed by atoms with E-state index in [1.54, 1.807) is 6.20 Å². The number of esters is 1. The van der Waals surface area contributed by atoms with Crippen molar-refractivity contribution in [2.24, 2.45) is 0 Å². The van der Waals surface area contributed by atoms with Gasteiger partial charge in [0, 0.05) is 30.2 Å². The number of likely N-dealkylation sites (tertiary alicyclic amines) is 1. The lowest BCUT2D eigenvalue weighted by Gasteiger charge is -2.15. The third-order valence-electron chi connectivity index (χ3n) is 3.96. The fourth-order valence-electron chi connectivity index (χ4n) is 2.86. The molecule has 1 amide bonds. The van der Waals surface area contributed by atoms with E-state index in [0.717, 1.165) is 36.8 Å². The molecule has 0 aliphatic carbocycles. The molecule has 0 radical (unpaired) electrons. The third kappa shape index (κ3) is 2.51. The number of fused-ring (bicyclic) bond motifs is 1. The molecule has 1 aromatic heterocycles. The van der Waals surface area contributed by atoms with Gasteiger partial charge in [0.1, 0.15) is 6.54 Å². The van der Waals surface area contributed by atoms with Crippen LogP contribution in [-0.2, 0) is 16.1 Å². The second-order valence-electron chi connectivity index (χ2n) is 5.27. The molecule has 1 aliphatic heterocycles. The zero-order valence-corrected chi connectivity index (χ0v) is 12.0. The number of hydrogen-bond donors (Lipinski definition) is 0. The molecule has 2 heterocycles. The number of hydrogen-bond acceptors (Lipinski definition) is 3. The molecule has 1 fully saturated rings. The Hall–Kier alpha value is -2.30. The van der Waals surface area contributed by atoms with Crippen LogP contribution >= 0.6 is 0 Å². The van der Waals surface area contributed by atoms with Gasteiger partial charge in [-0.05, 0) is 18.9 Å². The fourth-order valence-corrected chi connectivity index (χ4v) is 2.86. The Kier molecular flexibility index (Phi) is 3.64. The number of aromatic nitrogens is 1. The maximum atomic E-state index is 12.3. The fraction of sp³-hybridized carbons (Fsp3) is 0.375. The first-order chi connectivity index (χ1) is 10.2. The lowest BCUT2D eigenvalue weighted by Crippen LogP contribution is -2.30. The molecule has 1 aromatic carbocycles. The van der Waals surface area contributed by atoms with E-state index in [1.807, 2.05) is 33.7 Å². The zero-order chi connectivity index (χ0) is 14.8. The summed E-state index contributed by atoms with van der Waals surface area (Å²) in [6, 6.07) is 7.57. The van der Waals surface area contributed by atoms with Crippen molar-refractivity contribution in [3.63, 3.8) is 0 Å². The molecule has 0 spiro atoms. The van der Waals surface area contributed by atoms with Gasteiger partial charge in [-0.25, -0.2) is 4.79 Å². The van der Waals surface area contributed by atoms with Gasteiger partial charge in [-0.15, -0.1) is 0 Å². The number of rotatable bonds is 3. The normalized spacial score (nSPS) is 14.6. The number of amides is 1. The molecule has 1 saturated heterocycles. The maximum absolute atomic E-state index is 12.3. The molecule has 5 nitrogen and oxygen atoms in total.